The van der Waals surface area contributed by atoms with E-state index in [1.165, 1.54) is 12.8 Å². The van der Waals surface area contributed by atoms with Crippen molar-refractivity contribution in [2.45, 2.75) is 51.6 Å². The van der Waals surface area contributed by atoms with Crippen molar-refractivity contribution in [3.8, 4) is 0 Å². The van der Waals surface area contributed by atoms with Gasteiger partial charge in [0, 0.05) is 6.61 Å². The summed E-state index contributed by atoms with van der Waals surface area (Å²) in [4.78, 5) is 0. The molecule has 0 bridgehead atoms. The topological polar surface area (TPSA) is 40.5 Å². The van der Waals surface area contributed by atoms with Crippen LogP contribution in [-0.2, 0) is 0 Å². The standard InChI is InChI=1S/C11H22O2/c1-11(2,13)7-9-3-5-10(8-12)6-4-9/h9-10,12-13H,3-8H2,1-2H3. The Bertz CT molecular complexity index is 141. The van der Waals surface area contributed by atoms with Gasteiger partial charge < -0.3 is 10.2 Å². The smallest absolute Gasteiger partial charge is 0.0594 e. The van der Waals surface area contributed by atoms with E-state index in [9.17, 15) is 5.11 Å². The Morgan fingerprint density at radius 3 is 1.92 bits per heavy atom. The minimum absolute atomic E-state index is 0.342. The van der Waals surface area contributed by atoms with Crippen molar-refractivity contribution in [1.29, 1.82) is 0 Å². The molecule has 0 unspecified atom stereocenters. The number of rotatable bonds is 3. The zero-order chi connectivity index (χ0) is 9.90. The van der Waals surface area contributed by atoms with E-state index in [0.29, 0.717) is 18.4 Å². The van der Waals surface area contributed by atoms with Crippen LogP contribution in [0.5, 0.6) is 0 Å². The Morgan fingerprint density at radius 2 is 1.54 bits per heavy atom. The maximum atomic E-state index is 9.64. The molecule has 1 aliphatic rings. The van der Waals surface area contributed by atoms with Gasteiger partial charge in [-0.1, -0.05) is 0 Å². The van der Waals surface area contributed by atoms with E-state index >= 15 is 0 Å². The highest BCUT2D eigenvalue weighted by atomic mass is 16.3. The maximum absolute atomic E-state index is 9.64. The molecule has 2 nitrogen and oxygen atoms in total. The van der Waals surface area contributed by atoms with E-state index in [1.807, 2.05) is 13.8 Å². The van der Waals surface area contributed by atoms with Crippen LogP contribution in [0.1, 0.15) is 46.0 Å². The van der Waals surface area contributed by atoms with Crippen molar-refractivity contribution in [3.05, 3.63) is 0 Å². The molecule has 78 valence electrons. The van der Waals surface area contributed by atoms with Crippen LogP contribution >= 0.6 is 0 Å². The Hall–Kier alpha value is -0.0800. The van der Waals surface area contributed by atoms with E-state index in [1.54, 1.807) is 0 Å². The largest absolute Gasteiger partial charge is 0.396 e. The molecular weight excluding hydrogens is 164 g/mol. The van der Waals surface area contributed by atoms with Crippen LogP contribution in [-0.4, -0.2) is 22.4 Å². The first-order valence-electron chi connectivity index (χ1n) is 5.34. The molecule has 1 aliphatic carbocycles. The lowest BCUT2D eigenvalue weighted by Crippen LogP contribution is -2.26. The average Bonchev–Trinajstić information content (AvgIpc) is 2.03. The van der Waals surface area contributed by atoms with E-state index in [0.717, 1.165) is 19.3 Å². The van der Waals surface area contributed by atoms with Gasteiger partial charge in [-0.2, -0.15) is 0 Å². The Labute approximate surface area is 81.0 Å². The van der Waals surface area contributed by atoms with Crippen molar-refractivity contribution >= 4 is 0 Å². The molecule has 2 N–H and O–H groups in total. The van der Waals surface area contributed by atoms with Gasteiger partial charge in [-0.3, -0.25) is 0 Å². The summed E-state index contributed by atoms with van der Waals surface area (Å²) in [6.07, 6.45) is 5.53. The van der Waals surface area contributed by atoms with Gasteiger partial charge in [-0.05, 0) is 57.8 Å². The van der Waals surface area contributed by atoms with Gasteiger partial charge in [-0.25, -0.2) is 0 Å². The second-order valence-corrected chi connectivity index (χ2v) is 5.09. The van der Waals surface area contributed by atoms with Gasteiger partial charge in [0.05, 0.1) is 5.60 Å². The Balaban J connectivity index is 2.25. The van der Waals surface area contributed by atoms with E-state index < -0.39 is 5.60 Å². The molecule has 0 aliphatic heterocycles. The lowest BCUT2D eigenvalue weighted by molar-refractivity contribution is 0.0393. The summed E-state index contributed by atoms with van der Waals surface area (Å²) in [6, 6.07) is 0. The summed E-state index contributed by atoms with van der Waals surface area (Å²) in [6.45, 7) is 4.10. The average molecular weight is 186 g/mol. The molecule has 0 heterocycles. The van der Waals surface area contributed by atoms with Gasteiger partial charge in [0.25, 0.3) is 0 Å². The highest BCUT2D eigenvalue weighted by molar-refractivity contribution is 4.77. The summed E-state index contributed by atoms with van der Waals surface area (Å²) in [5.74, 6) is 1.20. The molecule has 1 fully saturated rings. The lowest BCUT2D eigenvalue weighted by Gasteiger charge is -2.31. The fourth-order valence-electron chi connectivity index (χ4n) is 2.32. The summed E-state index contributed by atoms with van der Waals surface area (Å²) in [5, 5.41) is 18.6. The third-order valence-electron chi connectivity index (χ3n) is 3.01. The molecule has 2 heteroatoms. The first kappa shape index (κ1) is 11.0. The molecule has 0 aromatic carbocycles. The predicted molar refractivity (Wildman–Crippen MR) is 53.4 cm³/mol. The summed E-state index contributed by atoms with van der Waals surface area (Å²) < 4.78 is 0. The maximum Gasteiger partial charge on any atom is 0.0594 e. The van der Waals surface area contributed by atoms with E-state index in [-0.39, 0.29) is 0 Å². The van der Waals surface area contributed by atoms with E-state index in [2.05, 4.69) is 0 Å². The molecule has 0 spiro atoms. The summed E-state index contributed by atoms with van der Waals surface area (Å²) in [5.41, 5.74) is -0.517. The van der Waals surface area contributed by atoms with Crippen molar-refractivity contribution < 1.29 is 10.2 Å². The van der Waals surface area contributed by atoms with Crippen LogP contribution in [0.15, 0.2) is 0 Å². The predicted octanol–water partition coefficient (Wildman–Crippen LogP) is 1.95. The zero-order valence-corrected chi connectivity index (χ0v) is 8.79. The van der Waals surface area contributed by atoms with Crippen LogP contribution in [0.2, 0.25) is 0 Å². The first-order valence-corrected chi connectivity index (χ1v) is 5.34. The lowest BCUT2D eigenvalue weighted by atomic mass is 9.78. The molecule has 13 heavy (non-hydrogen) atoms. The van der Waals surface area contributed by atoms with Crippen LogP contribution in [0.4, 0.5) is 0 Å². The van der Waals surface area contributed by atoms with Crippen LogP contribution in [0.3, 0.4) is 0 Å². The molecular formula is C11H22O2. The number of aliphatic hydroxyl groups excluding tert-OH is 1. The summed E-state index contributed by atoms with van der Waals surface area (Å²) in [7, 11) is 0. The molecule has 0 aromatic rings. The van der Waals surface area contributed by atoms with Gasteiger partial charge in [0.1, 0.15) is 0 Å². The van der Waals surface area contributed by atoms with Crippen LogP contribution < -0.4 is 0 Å². The second kappa shape index (κ2) is 4.43. The molecule has 0 atom stereocenters. The molecule has 0 radical (unpaired) electrons. The first-order chi connectivity index (χ1) is 6.01. The van der Waals surface area contributed by atoms with Gasteiger partial charge >= 0.3 is 0 Å². The SMILES string of the molecule is CC(C)(O)CC1CCC(CO)CC1. The van der Waals surface area contributed by atoms with Crippen LogP contribution in [0, 0.1) is 11.8 Å². The van der Waals surface area contributed by atoms with E-state index in [4.69, 9.17) is 5.11 Å². The van der Waals surface area contributed by atoms with Crippen molar-refractivity contribution in [2.75, 3.05) is 6.61 Å². The Morgan fingerprint density at radius 1 is 1.08 bits per heavy atom. The Kier molecular flexibility index (Phi) is 3.74. The molecule has 0 saturated heterocycles. The molecule has 1 rings (SSSR count). The normalized spacial score (nSPS) is 30.5. The highest BCUT2D eigenvalue weighted by Gasteiger charge is 2.25. The fourth-order valence-corrected chi connectivity index (χ4v) is 2.32. The zero-order valence-electron chi connectivity index (χ0n) is 8.79. The summed E-state index contributed by atoms with van der Waals surface area (Å²) >= 11 is 0. The highest BCUT2D eigenvalue weighted by Crippen LogP contribution is 2.33. The van der Waals surface area contributed by atoms with Gasteiger partial charge in [0.15, 0.2) is 0 Å². The number of hydrogen-bond acceptors (Lipinski definition) is 2. The number of hydrogen-bond donors (Lipinski definition) is 2. The number of aliphatic hydroxyl groups is 2. The molecule has 0 aromatic heterocycles. The van der Waals surface area contributed by atoms with Crippen molar-refractivity contribution in [2.24, 2.45) is 11.8 Å². The van der Waals surface area contributed by atoms with Gasteiger partial charge in [-0.15, -0.1) is 0 Å². The fraction of sp³-hybridized carbons (Fsp3) is 1.00. The monoisotopic (exact) mass is 186 g/mol. The van der Waals surface area contributed by atoms with Crippen LogP contribution in [0.25, 0.3) is 0 Å². The van der Waals surface area contributed by atoms with Gasteiger partial charge in [0.2, 0.25) is 0 Å². The van der Waals surface area contributed by atoms with Crippen molar-refractivity contribution in [1.82, 2.24) is 0 Å². The minimum atomic E-state index is -0.517. The second-order valence-electron chi connectivity index (χ2n) is 5.09. The third-order valence-corrected chi connectivity index (χ3v) is 3.01. The third kappa shape index (κ3) is 4.10. The van der Waals surface area contributed by atoms with Crippen molar-refractivity contribution in [3.63, 3.8) is 0 Å². The molecule has 0 amide bonds. The quantitative estimate of drug-likeness (QED) is 0.707. The minimum Gasteiger partial charge on any atom is -0.396 e. The molecule has 1 saturated carbocycles.